The number of halogens is 7. The predicted octanol–water partition coefficient (Wildman–Crippen LogP) is 6.23. The lowest BCUT2D eigenvalue weighted by molar-refractivity contribution is -0.143. The van der Waals surface area contributed by atoms with Gasteiger partial charge in [0.25, 0.3) is 0 Å². The van der Waals surface area contributed by atoms with Crippen molar-refractivity contribution in [2.45, 2.75) is 44.8 Å². The first-order valence-electron chi connectivity index (χ1n) is 12.4. The van der Waals surface area contributed by atoms with Crippen molar-refractivity contribution in [1.82, 2.24) is 20.6 Å². The minimum absolute atomic E-state index is 0.0605. The van der Waals surface area contributed by atoms with E-state index in [-0.39, 0.29) is 23.7 Å². The molecule has 0 unspecified atom stereocenters. The van der Waals surface area contributed by atoms with Crippen LogP contribution in [0.4, 0.5) is 32.3 Å². The van der Waals surface area contributed by atoms with E-state index in [9.17, 15) is 36.2 Å². The van der Waals surface area contributed by atoms with Gasteiger partial charge in [-0.3, -0.25) is 0 Å². The molecule has 14 heteroatoms. The van der Waals surface area contributed by atoms with Crippen LogP contribution in [0.2, 0.25) is 0 Å². The number of hydrogen-bond donors (Lipinski definition) is 3. The molecule has 0 saturated carbocycles. The molecule has 2 heterocycles. The molecular formula is C27H28BrF6N5O2. The zero-order chi connectivity index (χ0) is 30.5. The van der Waals surface area contributed by atoms with Gasteiger partial charge in [-0.05, 0) is 50.7 Å². The van der Waals surface area contributed by atoms with Crippen molar-refractivity contribution in [2.75, 3.05) is 25.0 Å². The van der Waals surface area contributed by atoms with E-state index in [1.54, 1.807) is 0 Å². The fraction of sp³-hybridized carbons (Fsp3) is 0.370. The monoisotopic (exact) mass is 647 g/mol. The van der Waals surface area contributed by atoms with Crippen LogP contribution in [0, 0.1) is 0 Å². The zero-order valence-corrected chi connectivity index (χ0v) is 23.8. The fourth-order valence-corrected chi connectivity index (χ4v) is 4.83. The van der Waals surface area contributed by atoms with Gasteiger partial charge in [-0.1, -0.05) is 34.1 Å². The number of piperazine rings is 1. The zero-order valence-electron chi connectivity index (χ0n) is 22.2. The van der Waals surface area contributed by atoms with E-state index < -0.39 is 29.4 Å². The average Bonchev–Trinajstić information content (AvgIpc) is 2.87. The quantitative estimate of drug-likeness (QED) is 0.283. The van der Waals surface area contributed by atoms with Gasteiger partial charge in [0.15, 0.2) is 0 Å². The smallest absolute Gasteiger partial charge is 0.416 e. The molecule has 3 N–H and O–H groups in total. The number of nitrogens with zero attached hydrogens (tertiary/aromatic N) is 3. The van der Waals surface area contributed by atoms with Crippen LogP contribution in [-0.2, 0) is 18.9 Å². The molecule has 2 atom stereocenters. The van der Waals surface area contributed by atoms with Crippen LogP contribution in [0.1, 0.15) is 40.9 Å². The highest BCUT2D eigenvalue weighted by Gasteiger charge is 2.36. The number of anilines is 1. The topological polar surface area (TPSA) is 90.4 Å². The first-order chi connectivity index (χ1) is 19.1. The first kappa shape index (κ1) is 32.3. The summed E-state index contributed by atoms with van der Waals surface area (Å²) in [5, 5.41) is 15.5. The Morgan fingerprint density at radius 3 is 2.10 bits per heavy atom. The molecule has 7 nitrogen and oxygen atoms in total. The van der Waals surface area contributed by atoms with Gasteiger partial charge in [-0.2, -0.15) is 26.3 Å². The summed E-state index contributed by atoms with van der Waals surface area (Å²) in [5.74, 6) is -0.472. The summed E-state index contributed by atoms with van der Waals surface area (Å²) in [5.41, 5.74) is -1.37. The van der Waals surface area contributed by atoms with Crippen LogP contribution in [0.25, 0.3) is 11.3 Å². The third-order valence-electron chi connectivity index (χ3n) is 6.00. The van der Waals surface area contributed by atoms with E-state index in [0.717, 1.165) is 23.1 Å². The molecule has 2 aromatic carbocycles. The molecule has 3 aromatic rings. The van der Waals surface area contributed by atoms with Gasteiger partial charge in [-0.25, -0.2) is 14.8 Å². The highest BCUT2D eigenvalue weighted by atomic mass is 79.9. The van der Waals surface area contributed by atoms with Gasteiger partial charge in [0.2, 0.25) is 5.95 Å². The van der Waals surface area contributed by atoms with Crippen molar-refractivity contribution in [3.05, 3.63) is 75.4 Å². The summed E-state index contributed by atoms with van der Waals surface area (Å²) in [6, 6.07) is 9.63. The molecule has 1 aliphatic heterocycles. The van der Waals surface area contributed by atoms with Crippen molar-refractivity contribution in [2.24, 2.45) is 0 Å². The SMILES string of the molecule is CNCc1cc(C(F)(F)F)cc(C(F)(F)F)c1.C[C@@H]1CN(c2ncc(C(=O)O)c(-c3ccccc3Br)n2)C[C@H](C)N1. The largest absolute Gasteiger partial charge is 0.478 e. The predicted molar refractivity (Wildman–Crippen MR) is 146 cm³/mol. The molecule has 1 fully saturated rings. The second kappa shape index (κ2) is 13.2. The molecule has 1 aromatic heterocycles. The fourth-order valence-electron chi connectivity index (χ4n) is 4.36. The molecule has 1 aliphatic rings. The van der Waals surface area contributed by atoms with Crippen molar-refractivity contribution >= 4 is 27.8 Å². The Hall–Kier alpha value is -3.23. The number of alkyl halides is 6. The molecule has 0 amide bonds. The lowest BCUT2D eigenvalue weighted by Crippen LogP contribution is -2.54. The standard InChI is InChI=1S/C17H19BrN4O2.C10H9F6N/c1-10-8-22(9-11(2)20-10)17-19-7-13(16(23)24)15(21-17)12-5-3-4-6-14(12)18;1-17-5-6-2-7(9(11,12)13)4-8(3-6)10(14,15)16/h3-7,10-11,20H,8-9H2,1-2H3,(H,23,24);2-4,17H,5H2,1H3/t10-,11+;. The third-order valence-corrected chi connectivity index (χ3v) is 6.70. The van der Waals surface area contributed by atoms with Crippen LogP contribution >= 0.6 is 15.9 Å². The van der Waals surface area contributed by atoms with E-state index in [0.29, 0.717) is 35.9 Å². The molecule has 41 heavy (non-hydrogen) atoms. The van der Waals surface area contributed by atoms with Crippen molar-refractivity contribution in [3.63, 3.8) is 0 Å². The molecule has 222 valence electrons. The maximum absolute atomic E-state index is 12.4. The van der Waals surface area contributed by atoms with Crippen LogP contribution < -0.4 is 15.5 Å². The number of carboxylic acids is 1. The van der Waals surface area contributed by atoms with E-state index in [1.807, 2.05) is 24.3 Å². The summed E-state index contributed by atoms with van der Waals surface area (Å²) in [7, 11) is 1.44. The maximum atomic E-state index is 12.4. The Morgan fingerprint density at radius 1 is 1.05 bits per heavy atom. The highest BCUT2D eigenvalue weighted by Crippen LogP contribution is 2.36. The summed E-state index contributed by atoms with van der Waals surface area (Å²) < 4.78 is 75.1. The van der Waals surface area contributed by atoms with Crippen LogP contribution in [-0.4, -0.2) is 53.3 Å². The molecule has 1 saturated heterocycles. The number of nitrogens with one attached hydrogen (secondary N) is 2. The summed E-state index contributed by atoms with van der Waals surface area (Å²) in [6.45, 7) is 5.73. The number of benzene rings is 2. The molecule has 0 spiro atoms. The second-order valence-corrected chi connectivity index (χ2v) is 10.4. The van der Waals surface area contributed by atoms with Crippen molar-refractivity contribution in [3.8, 4) is 11.3 Å². The minimum atomic E-state index is -4.79. The Morgan fingerprint density at radius 2 is 1.61 bits per heavy atom. The van der Waals surface area contributed by atoms with Crippen LogP contribution in [0.5, 0.6) is 0 Å². The van der Waals surface area contributed by atoms with E-state index in [2.05, 4.69) is 55.3 Å². The number of carbonyl (C=O) groups is 1. The molecule has 0 bridgehead atoms. The second-order valence-electron chi connectivity index (χ2n) is 9.54. The van der Waals surface area contributed by atoms with Gasteiger partial charge in [0.1, 0.15) is 5.56 Å². The van der Waals surface area contributed by atoms with Crippen LogP contribution in [0.15, 0.2) is 53.1 Å². The van der Waals surface area contributed by atoms with Crippen LogP contribution in [0.3, 0.4) is 0 Å². The number of aromatic nitrogens is 2. The van der Waals surface area contributed by atoms with Gasteiger partial charge < -0.3 is 20.6 Å². The average molecular weight is 648 g/mol. The lowest BCUT2D eigenvalue weighted by atomic mass is 10.0. The van der Waals surface area contributed by atoms with E-state index in [4.69, 9.17) is 0 Å². The lowest BCUT2D eigenvalue weighted by Gasteiger charge is -2.36. The Labute approximate surface area is 241 Å². The highest BCUT2D eigenvalue weighted by molar-refractivity contribution is 9.10. The van der Waals surface area contributed by atoms with Gasteiger partial charge in [0.05, 0.1) is 16.8 Å². The Kier molecular flexibility index (Phi) is 10.4. The molecule has 4 rings (SSSR count). The normalized spacial score (nSPS) is 17.6. The van der Waals surface area contributed by atoms with Crippen molar-refractivity contribution in [1.29, 1.82) is 0 Å². The van der Waals surface area contributed by atoms with Gasteiger partial charge in [0, 0.05) is 48.0 Å². The summed E-state index contributed by atoms with van der Waals surface area (Å²) >= 11 is 3.48. The first-order valence-corrected chi connectivity index (χ1v) is 13.2. The van der Waals surface area contributed by atoms with Gasteiger partial charge in [-0.15, -0.1) is 0 Å². The number of carboxylic acid groups (broad SMARTS) is 1. The Bertz CT molecular complexity index is 1330. The molecule has 0 aliphatic carbocycles. The minimum Gasteiger partial charge on any atom is -0.478 e. The third kappa shape index (κ3) is 8.63. The molecule has 0 radical (unpaired) electrons. The van der Waals surface area contributed by atoms with E-state index in [1.165, 1.54) is 13.2 Å². The van der Waals surface area contributed by atoms with E-state index >= 15 is 0 Å². The van der Waals surface area contributed by atoms with Gasteiger partial charge >= 0.3 is 18.3 Å². The number of aromatic carboxylic acids is 1. The summed E-state index contributed by atoms with van der Waals surface area (Å²) in [4.78, 5) is 22.6. The molecular weight excluding hydrogens is 620 g/mol. The number of hydrogen-bond acceptors (Lipinski definition) is 6. The summed E-state index contributed by atoms with van der Waals surface area (Å²) in [6.07, 6.45) is -8.18. The maximum Gasteiger partial charge on any atom is 0.416 e. The van der Waals surface area contributed by atoms with Crippen molar-refractivity contribution < 1.29 is 36.2 Å². The number of rotatable bonds is 5. The Balaban J connectivity index is 0.000000241.